The Kier molecular flexibility index (Phi) is 6.29. The predicted molar refractivity (Wildman–Crippen MR) is 116 cm³/mol. The molecule has 2 N–H and O–H groups in total. The van der Waals surface area contributed by atoms with Crippen LogP contribution in [-0.2, 0) is 11.2 Å². The first-order chi connectivity index (χ1) is 14.7. The normalized spacial score (nSPS) is 13.7. The van der Waals surface area contributed by atoms with Crippen LogP contribution in [0.2, 0.25) is 0 Å². The molecule has 0 unspecified atom stereocenters. The van der Waals surface area contributed by atoms with E-state index >= 15 is 0 Å². The van der Waals surface area contributed by atoms with E-state index in [1.54, 1.807) is 24.3 Å². The lowest BCUT2D eigenvalue weighted by molar-refractivity contribution is -0.118. The van der Waals surface area contributed by atoms with Gasteiger partial charge in [0.05, 0.1) is 18.1 Å². The summed E-state index contributed by atoms with van der Waals surface area (Å²) in [6, 6.07) is 17.7. The molecule has 30 heavy (non-hydrogen) atoms. The van der Waals surface area contributed by atoms with Gasteiger partial charge in [0.1, 0.15) is 6.04 Å². The second-order valence-electron chi connectivity index (χ2n) is 6.89. The van der Waals surface area contributed by atoms with E-state index in [1.165, 1.54) is 11.3 Å². The van der Waals surface area contributed by atoms with E-state index in [0.29, 0.717) is 41.7 Å². The summed E-state index contributed by atoms with van der Waals surface area (Å²) in [7, 11) is 0. The minimum absolute atomic E-state index is 0.264. The molecule has 0 radical (unpaired) electrons. The van der Waals surface area contributed by atoms with Crippen LogP contribution in [0, 0.1) is 0 Å². The van der Waals surface area contributed by atoms with Crippen molar-refractivity contribution in [2.45, 2.75) is 18.9 Å². The lowest BCUT2D eigenvalue weighted by atomic mass is 10.0. The Morgan fingerprint density at radius 3 is 2.53 bits per heavy atom. The van der Waals surface area contributed by atoms with Crippen LogP contribution in [-0.4, -0.2) is 31.1 Å². The second-order valence-corrected chi connectivity index (χ2v) is 7.84. The van der Waals surface area contributed by atoms with Gasteiger partial charge in [0.25, 0.3) is 5.91 Å². The van der Waals surface area contributed by atoms with E-state index in [2.05, 4.69) is 10.6 Å². The molecule has 0 aliphatic carbocycles. The Morgan fingerprint density at radius 1 is 0.967 bits per heavy atom. The number of hydrogen-bond donors (Lipinski definition) is 2. The molecule has 1 aromatic heterocycles. The van der Waals surface area contributed by atoms with Crippen LogP contribution in [0.5, 0.6) is 11.5 Å². The molecular weight excluding hydrogens is 400 g/mol. The Bertz CT molecular complexity index is 1010. The third kappa shape index (κ3) is 4.99. The van der Waals surface area contributed by atoms with Crippen molar-refractivity contribution in [2.24, 2.45) is 0 Å². The molecule has 2 heterocycles. The molecule has 0 saturated carbocycles. The van der Waals surface area contributed by atoms with E-state index in [1.807, 2.05) is 41.8 Å². The van der Waals surface area contributed by atoms with Crippen LogP contribution < -0.4 is 20.1 Å². The van der Waals surface area contributed by atoms with Gasteiger partial charge in [-0.25, -0.2) is 0 Å². The predicted octanol–water partition coefficient (Wildman–Crippen LogP) is 3.89. The topological polar surface area (TPSA) is 76.7 Å². The average Bonchev–Trinajstić information content (AvgIpc) is 3.20. The second kappa shape index (κ2) is 9.45. The molecule has 2 amide bonds. The van der Waals surface area contributed by atoms with Gasteiger partial charge in [-0.15, -0.1) is 11.3 Å². The molecule has 1 atom stereocenters. The van der Waals surface area contributed by atoms with Crippen LogP contribution in [0.15, 0.2) is 66.0 Å². The van der Waals surface area contributed by atoms with Crippen molar-refractivity contribution in [3.63, 3.8) is 0 Å². The van der Waals surface area contributed by atoms with Gasteiger partial charge < -0.3 is 20.1 Å². The zero-order chi connectivity index (χ0) is 20.8. The van der Waals surface area contributed by atoms with Crippen molar-refractivity contribution in [3.05, 3.63) is 76.5 Å². The third-order valence-corrected chi connectivity index (χ3v) is 5.53. The number of thiophene rings is 1. The monoisotopic (exact) mass is 422 g/mol. The zero-order valence-corrected chi connectivity index (χ0v) is 17.1. The van der Waals surface area contributed by atoms with Crippen LogP contribution in [0.25, 0.3) is 0 Å². The molecule has 0 bridgehead atoms. The van der Waals surface area contributed by atoms with Gasteiger partial charge in [-0.05, 0) is 29.1 Å². The van der Waals surface area contributed by atoms with Gasteiger partial charge in [0.15, 0.2) is 11.5 Å². The van der Waals surface area contributed by atoms with Gasteiger partial charge >= 0.3 is 0 Å². The molecule has 0 saturated heterocycles. The van der Waals surface area contributed by atoms with Crippen LogP contribution in [0.3, 0.4) is 0 Å². The lowest BCUT2D eigenvalue weighted by Gasteiger charge is -2.19. The number of nitrogens with one attached hydrogen (secondary N) is 2. The minimum atomic E-state index is -0.724. The summed E-state index contributed by atoms with van der Waals surface area (Å²) in [5.74, 6) is 0.711. The smallest absolute Gasteiger partial charge is 0.262 e. The number of ether oxygens (including phenoxy) is 2. The molecule has 2 aromatic carbocycles. The first-order valence-electron chi connectivity index (χ1n) is 9.78. The summed E-state index contributed by atoms with van der Waals surface area (Å²) >= 11 is 1.34. The van der Waals surface area contributed by atoms with Crippen molar-refractivity contribution < 1.29 is 19.1 Å². The van der Waals surface area contributed by atoms with Gasteiger partial charge in [0.2, 0.25) is 5.91 Å². The number of benzene rings is 2. The largest absolute Gasteiger partial charge is 0.490 e. The van der Waals surface area contributed by atoms with Crippen molar-refractivity contribution in [2.75, 3.05) is 18.5 Å². The van der Waals surface area contributed by atoms with Crippen molar-refractivity contribution in [1.82, 2.24) is 5.32 Å². The maximum atomic E-state index is 13.1. The number of hydrogen-bond acceptors (Lipinski definition) is 5. The zero-order valence-electron chi connectivity index (χ0n) is 16.3. The Labute approximate surface area is 178 Å². The van der Waals surface area contributed by atoms with E-state index in [9.17, 15) is 9.59 Å². The molecule has 0 spiro atoms. The summed E-state index contributed by atoms with van der Waals surface area (Å²) in [6.07, 6.45) is 1.19. The quantitative estimate of drug-likeness (QED) is 0.632. The van der Waals surface area contributed by atoms with Crippen molar-refractivity contribution in [1.29, 1.82) is 0 Å². The molecule has 1 aliphatic heterocycles. The van der Waals surface area contributed by atoms with Gasteiger partial charge in [-0.2, -0.15) is 0 Å². The molecule has 4 rings (SSSR count). The number of carbonyl (C=O) groups is 2. The number of carbonyl (C=O) groups excluding carboxylic acids is 2. The first kappa shape index (κ1) is 20.0. The summed E-state index contributed by atoms with van der Waals surface area (Å²) < 4.78 is 11.3. The van der Waals surface area contributed by atoms with Crippen molar-refractivity contribution in [3.8, 4) is 11.5 Å². The fourth-order valence-electron chi connectivity index (χ4n) is 3.17. The average molecular weight is 423 g/mol. The first-order valence-corrected chi connectivity index (χ1v) is 10.7. The molecule has 3 aromatic rings. The van der Waals surface area contributed by atoms with Gasteiger partial charge in [0, 0.05) is 24.6 Å². The SMILES string of the molecule is O=C(N[C@@H](Cc1ccccc1)C(=O)Nc1ccc2c(c1)OCCCO2)c1cccs1. The fraction of sp³-hybridized carbons (Fsp3) is 0.217. The minimum Gasteiger partial charge on any atom is -0.490 e. The van der Waals surface area contributed by atoms with Crippen LogP contribution in [0.1, 0.15) is 21.7 Å². The summed E-state index contributed by atoms with van der Waals surface area (Å²) in [4.78, 5) is 26.2. The highest BCUT2D eigenvalue weighted by Crippen LogP contribution is 2.32. The number of amides is 2. The fourth-order valence-corrected chi connectivity index (χ4v) is 3.79. The lowest BCUT2D eigenvalue weighted by Crippen LogP contribution is -2.45. The number of rotatable bonds is 6. The van der Waals surface area contributed by atoms with E-state index < -0.39 is 6.04 Å². The standard InChI is InChI=1S/C23H22N2O4S/c26-22(24-17-9-10-19-20(15-17)29-12-5-11-28-19)18(14-16-6-2-1-3-7-16)25-23(27)21-8-4-13-30-21/h1-4,6-10,13,15,18H,5,11-12,14H2,(H,24,26)(H,25,27)/t18-/m0/s1. The third-order valence-electron chi connectivity index (χ3n) is 4.66. The molecule has 1 aliphatic rings. The molecule has 154 valence electrons. The van der Waals surface area contributed by atoms with E-state index in [-0.39, 0.29) is 11.8 Å². The number of fused-ring (bicyclic) bond motifs is 1. The highest BCUT2D eigenvalue weighted by atomic mass is 32.1. The highest BCUT2D eigenvalue weighted by molar-refractivity contribution is 7.12. The Morgan fingerprint density at radius 2 is 1.77 bits per heavy atom. The van der Waals surface area contributed by atoms with E-state index in [4.69, 9.17) is 9.47 Å². The Hall–Kier alpha value is -3.32. The van der Waals surface area contributed by atoms with Crippen LogP contribution >= 0.6 is 11.3 Å². The Balaban J connectivity index is 1.51. The van der Waals surface area contributed by atoms with Crippen LogP contribution in [0.4, 0.5) is 5.69 Å². The summed E-state index contributed by atoms with van der Waals surface area (Å²) in [6.45, 7) is 1.17. The maximum Gasteiger partial charge on any atom is 0.262 e. The van der Waals surface area contributed by atoms with Gasteiger partial charge in [-0.3, -0.25) is 9.59 Å². The van der Waals surface area contributed by atoms with Gasteiger partial charge in [-0.1, -0.05) is 36.4 Å². The van der Waals surface area contributed by atoms with E-state index in [0.717, 1.165) is 12.0 Å². The molecule has 0 fully saturated rings. The highest BCUT2D eigenvalue weighted by Gasteiger charge is 2.23. The molecule has 7 heteroatoms. The molecule has 6 nitrogen and oxygen atoms in total. The maximum absolute atomic E-state index is 13.1. The summed E-state index contributed by atoms with van der Waals surface area (Å²) in [5.41, 5.74) is 1.55. The van der Waals surface area contributed by atoms with Crippen molar-refractivity contribution >= 4 is 28.8 Å². The molecular formula is C23H22N2O4S. The summed E-state index contributed by atoms with van der Waals surface area (Å²) in [5, 5.41) is 7.59. The number of anilines is 1.